The quantitative estimate of drug-likeness (QED) is 0.316. The zero-order valence-electron chi connectivity index (χ0n) is 21.5. The first-order chi connectivity index (χ1) is 17.3. The molecule has 1 saturated heterocycles. The number of carbonyl (C=O) groups excluding carboxylic acids is 3. The molecule has 0 aliphatic carbocycles. The summed E-state index contributed by atoms with van der Waals surface area (Å²) in [5, 5.41) is 19.5. The number of amides is 2. The number of nitriles is 1. The number of methoxy groups -OCH3 is 1. The molecule has 4 N–H and O–H groups in total. The fraction of sp³-hybridized carbons (Fsp3) is 0.556. The van der Waals surface area contributed by atoms with Gasteiger partial charge in [-0.05, 0) is 49.9 Å². The molecule has 36 heavy (non-hydrogen) atoms. The van der Waals surface area contributed by atoms with E-state index >= 15 is 0 Å². The van der Waals surface area contributed by atoms with E-state index in [1.807, 2.05) is 39.0 Å². The number of carbonyl (C=O) groups is 3. The Labute approximate surface area is 212 Å². The number of nitrogens with one attached hydrogen (secondary N) is 4. The number of aromatic nitrogens is 1. The first kappa shape index (κ1) is 27.2. The van der Waals surface area contributed by atoms with E-state index in [0.717, 1.165) is 10.9 Å². The van der Waals surface area contributed by atoms with E-state index in [9.17, 15) is 19.6 Å². The molecule has 4 unspecified atom stereocenters. The lowest BCUT2D eigenvalue weighted by Crippen LogP contribution is -2.52. The third-order valence-corrected chi connectivity index (χ3v) is 6.70. The van der Waals surface area contributed by atoms with Crippen LogP contribution in [0.4, 0.5) is 0 Å². The van der Waals surface area contributed by atoms with Gasteiger partial charge < -0.3 is 25.7 Å². The molecule has 1 aliphatic rings. The van der Waals surface area contributed by atoms with Crippen LogP contribution < -0.4 is 20.7 Å². The highest BCUT2D eigenvalue weighted by molar-refractivity contribution is 6.02. The van der Waals surface area contributed by atoms with E-state index in [1.54, 1.807) is 13.2 Å². The highest BCUT2D eigenvalue weighted by Crippen LogP contribution is 2.28. The Morgan fingerprint density at radius 3 is 2.69 bits per heavy atom. The molecule has 194 valence electrons. The highest BCUT2D eigenvalue weighted by atomic mass is 16.5. The van der Waals surface area contributed by atoms with Crippen LogP contribution in [0.5, 0.6) is 5.75 Å². The van der Waals surface area contributed by atoms with Crippen molar-refractivity contribution >= 4 is 28.5 Å². The number of hydrogen-bond acceptors (Lipinski definition) is 6. The van der Waals surface area contributed by atoms with Crippen molar-refractivity contribution in [3.63, 3.8) is 0 Å². The molecule has 1 fully saturated rings. The molecular weight excluding hydrogens is 458 g/mol. The molecule has 0 spiro atoms. The summed E-state index contributed by atoms with van der Waals surface area (Å²) in [5.41, 5.74) is 1.22. The Hall–Kier alpha value is -3.38. The second-order valence-electron chi connectivity index (χ2n) is 9.85. The molecule has 2 heterocycles. The van der Waals surface area contributed by atoms with E-state index in [2.05, 4.69) is 27.0 Å². The van der Waals surface area contributed by atoms with Crippen molar-refractivity contribution in [2.45, 2.75) is 58.5 Å². The predicted octanol–water partition coefficient (Wildman–Crippen LogP) is 2.92. The number of ketones is 1. The van der Waals surface area contributed by atoms with Gasteiger partial charge in [0.1, 0.15) is 11.8 Å². The monoisotopic (exact) mass is 495 g/mol. The summed E-state index contributed by atoms with van der Waals surface area (Å²) >= 11 is 0. The second kappa shape index (κ2) is 12.5. The average molecular weight is 496 g/mol. The van der Waals surface area contributed by atoms with Crippen LogP contribution >= 0.6 is 0 Å². The van der Waals surface area contributed by atoms with Gasteiger partial charge in [0.15, 0.2) is 5.78 Å². The van der Waals surface area contributed by atoms with Gasteiger partial charge in [0, 0.05) is 35.7 Å². The van der Waals surface area contributed by atoms with Gasteiger partial charge in [-0.15, -0.1) is 0 Å². The second-order valence-corrected chi connectivity index (χ2v) is 9.85. The zero-order chi connectivity index (χ0) is 26.2. The lowest BCUT2D eigenvalue weighted by molar-refractivity contribution is -0.127. The van der Waals surface area contributed by atoms with Gasteiger partial charge in [0.2, 0.25) is 11.8 Å². The molecule has 1 aromatic carbocycles. The lowest BCUT2D eigenvalue weighted by atomic mass is 9.89. The summed E-state index contributed by atoms with van der Waals surface area (Å²) in [6, 6.07) is 8.37. The number of benzene rings is 1. The Morgan fingerprint density at radius 1 is 1.31 bits per heavy atom. The fourth-order valence-corrected chi connectivity index (χ4v) is 4.89. The minimum atomic E-state index is -0.635. The van der Waals surface area contributed by atoms with Crippen LogP contribution in [0.2, 0.25) is 0 Å². The van der Waals surface area contributed by atoms with Crippen LogP contribution in [-0.4, -0.2) is 54.9 Å². The Balaban J connectivity index is 1.79. The summed E-state index contributed by atoms with van der Waals surface area (Å²) in [6.45, 7) is 7.06. The van der Waals surface area contributed by atoms with E-state index in [0.29, 0.717) is 43.8 Å². The molecule has 1 aliphatic heterocycles. The third kappa shape index (κ3) is 6.64. The molecule has 1 aromatic heterocycles. The first-order valence-electron chi connectivity index (χ1n) is 12.7. The molecular formula is C27H37N5O4. The van der Waals surface area contributed by atoms with E-state index in [-0.39, 0.29) is 35.9 Å². The van der Waals surface area contributed by atoms with Gasteiger partial charge in [-0.25, -0.2) is 0 Å². The largest absolute Gasteiger partial charge is 0.496 e. The lowest BCUT2D eigenvalue weighted by Gasteiger charge is -2.28. The van der Waals surface area contributed by atoms with Gasteiger partial charge >= 0.3 is 0 Å². The summed E-state index contributed by atoms with van der Waals surface area (Å²) < 4.78 is 5.40. The van der Waals surface area contributed by atoms with Crippen molar-refractivity contribution in [3.05, 3.63) is 30.0 Å². The SMILES string of the molecule is CCNC(C#N)C(CC1CCNC1=O)NC(=O)C(CC(=O)c1cc2c(OC)cccc2[nH]1)CC(C)C. The smallest absolute Gasteiger partial charge is 0.223 e. The number of Topliss-reactive ketones (excluding diaryl/α,β-unsaturated/α-hetero) is 1. The van der Waals surface area contributed by atoms with Crippen LogP contribution in [-0.2, 0) is 9.59 Å². The van der Waals surface area contributed by atoms with Gasteiger partial charge in [-0.1, -0.05) is 26.8 Å². The number of rotatable bonds is 13. The van der Waals surface area contributed by atoms with Crippen molar-refractivity contribution in [1.29, 1.82) is 5.26 Å². The first-order valence-corrected chi connectivity index (χ1v) is 12.7. The van der Waals surface area contributed by atoms with Crippen molar-refractivity contribution in [3.8, 4) is 11.8 Å². The summed E-state index contributed by atoms with van der Waals surface area (Å²) in [4.78, 5) is 42.0. The van der Waals surface area contributed by atoms with E-state index in [1.165, 1.54) is 0 Å². The number of ether oxygens (including phenoxy) is 1. The topological polar surface area (TPSA) is 136 Å². The van der Waals surface area contributed by atoms with E-state index < -0.39 is 18.0 Å². The van der Waals surface area contributed by atoms with Crippen molar-refractivity contribution in [1.82, 2.24) is 20.9 Å². The van der Waals surface area contributed by atoms with Crippen molar-refractivity contribution in [2.75, 3.05) is 20.2 Å². The maximum atomic E-state index is 13.5. The Kier molecular flexibility index (Phi) is 9.48. The molecule has 9 nitrogen and oxygen atoms in total. The summed E-state index contributed by atoms with van der Waals surface area (Å²) in [5.74, 6) is -0.440. The van der Waals surface area contributed by atoms with Crippen molar-refractivity contribution in [2.24, 2.45) is 17.8 Å². The molecule has 0 bridgehead atoms. The number of H-pyrrole nitrogens is 1. The van der Waals surface area contributed by atoms with Crippen LogP contribution in [0.3, 0.4) is 0 Å². The normalized spacial score (nSPS) is 17.9. The number of hydrogen-bond donors (Lipinski definition) is 4. The summed E-state index contributed by atoms with van der Waals surface area (Å²) in [6.07, 6.45) is 1.60. The number of fused-ring (bicyclic) bond motifs is 1. The van der Waals surface area contributed by atoms with Crippen LogP contribution in [0.15, 0.2) is 24.3 Å². The number of nitrogens with zero attached hydrogens (tertiary/aromatic N) is 1. The molecule has 0 radical (unpaired) electrons. The van der Waals surface area contributed by atoms with Gasteiger partial charge in [-0.3, -0.25) is 14.4 Å². The number of likely N-dealkylation sites (N-methyl/N-ethyl adjacent to an activating group) is 1. The van der Waals surface area contributed by atoms with Crippen LogP contribution in [0.1, 0.15) is 56.9 Å². The minimum Gasteiger partial charge on any atom is -0.496 e. The highest BCUT2D eigenvalue weighted by Gasteiger charge is 2.34. The fourth-order valence-electron chi connectivity index (χ4n) is 4.89. The minimum absolute atomic E-state index is 0.0359. The standard InChI is InChI=1S/C27H37N5O4/c1-5-29-23(15-28)21(12-17-9-10-30-26(17)34)32-27(35)18(11-16(2)3)13-24(33)22-14-19-20(31-22)7-6-8-25(19)36-4/h6-8,14,16-18,21,23,29,31H,5,9-13H2,1-4H3,(H,30,34)(H,32,35). The van der Waals surface area contributed by atoms with E-state index in [4.69, 9.17) is 4.74 Å². The molecule has 2 amide bonds. The average Bonchev–Trinajstić information content (AvgIpc) is 3.47. The summed E-state index contributed by atoms with van der Waals surface area (Å²) in [7, 11) is 1.58. The Bertz CT molecular complexity index is 1120. The van der Waals surface area contributed by atoms with Crippen LogP contribution in [0.25, 0.3) is 10.9 Å². The molecule has 9 heteroatoms. The van der Waals surface area contributed by atoms with Gasteiger partial charge in [-0.2, -0.15) is 5.26 Å². The zero-order valence-corrected chi connectivity index (χ0v) is 21.5. The maximum Gasteiger partial charge on any atom is 0.223 e. The van der Waals surface area contributed by atoms with Crippen molar-refractivity contribution < 1.29 is 19.1 Å². The maximum absolute atomic E-state index is 13.5. The number of aromatic amines is 1. The predicted molar refractivity (Wildman–Crippen MR) is 137 cm³/mol. The molecule has 4 atom stereocenters. The molecule has 0 saturated carbocycles. The Morgan fingerprint density at radius 2 is 2.08 bits per heavy atom. The van der Waals surface area contributed by atoms with Crippen LogP contribution in [0, 0.1) is 29.1 Å². The molecule has 3 rings (SSSR count). The van der Waals surface area contributed by atoms with Gasteiger partial charge in [0.05, 0.1) is 24.9 Å². The van der Waals surface area contributed by atoms with Gasteiger partial charge in [0.25, 0.3) is 0 Å². The third-order valence-electron chi connectivity index (χ3n) is 6.70. The molecule has 2 aromatic rings.